The summed E-state index contributed by atoms with van der Waals surface area (Å²) in [5.41, 5.74) is 7.36. The Kier molecular flexibility index (Phi) is 3.67. The monoisotopic (exact) mass is 232 g/mol. The standard InChI is InChI=1S/C14H20N2O/c1-10-2-7-13(8-10)16-14(17)9-11-3-5-12(15)6-4-11/h3-6,10,13H,2,7-9,15H2,1H3,(H,16,17). The number of hydrogen-bond acceptors (Lipinski definition) is 2. The van der Waals surface area contributed by atoms with Crippen LogP contribution in [-0.4, -0.2) is 11.9 Å². The zero-order valence-electron chi connectivity index (χ0n) is 10.3. The van der Waals surface area contributed by atoms with Crippen LogP contribution in [0.4, 0.5) is 5.69 Å². The summed E-state index contributed by atoms with van der Waals surface area (Å²) in [6.45, 7) is 2.24. The molecule has 1 aliphatic rings. The van der Waals surface area contributed by atoms with Crippen LogP contribution in [-0.2, 0) is 11.2 Å². The molecule has 1 saturated carbocycles. The number of carbonyl (C=O) groups is 1. The zero-order chi connectivity index (χ0) is 12.3. The topological polar surface area (TPSA) is 55.1 Å². The Bertz CT molecular complexity index is 386. The number of hydrogen-bond donors (Lipinski definition) is 2. The average molecular weight is 232 g/mol. The van der Waals surface area contributed by atoms with Crippen LogP contribution in [0.1, 0.15) is 31.7 Å². The Labute approximate surface area is 102 Å². The maximum absolute atomic E-state index is 11.8. The average Bonchev–Trinajstić information content (AvgIpc) is 2.67. The third-order valence-electron chi connectivity index (χ3n) is 3.40. The van der Waals surface area contributed by atoms with Crippen molar-refractivity contribution in [2.24, 2.45) is 5.92 Å². The van der Waals surface area contributed by atoms with Gasteiger partial charge in [-0.3, -0.25) is 4.79 Å². The highest BCUT2D eigenvalue weighted by atomic mass is 16.1. The van der Waals surface area contributed by atoms with Gasteiger partial charge in [0.05, 0.1) is 6.42 Å². The molecule has 3 nitrogen and oxygen atoms in total. The molecule has 92 valence electrons. The van der Waals surface area contributed by atoms with Gasteiger partial charge in [-0.15, -0.1) is 0 Å². The molecule has 0 spiro atoms. The maximum Gasteiger partial charge on any atom is 0.224 e. The smallest absolute Gasteiger partial charge is 0.224 e. The number of rotatable bonds is 3. The van der Waals surface area contributed by atoms with E-state index in [1.54, 1.807) is 0 Å². The van der Waals surface area contributed by atoms with Crippen molar-refractivity contribution in [3.05, 3.63) is 29.8 Å². The van der Waals surface area contributed by atoms with Gasteiger partial charge in [0.25, 0.3) is 0 Å². The molecule has 2 rings (SSSR count). The molecule has 1 aromatic carbocycles. The van der Waals surface area contributed by atoms with Gasteiger partial charge in [-0.1, -0.05) is 19.1 Å². The lowest BCUT2D eigenvalue weighted by Crippen LogP contribution is -2.34. The normalized spacial score (nSPS) is 23.6. The summed E-state index contributed by atoms with van der Waals surface area (Å²) in [5.74, 6) is 0.866. The second-order valence-corrected chi connectivity index (χ2v) is 5.10. The van der Waals surface area contributed by atoms with Gasteiger partial charge in [0.1, 0.15) is 0 Å². The molecule has 3 heteroatoms. The van der Waals surface area contributed by atoms with Crippen LogP contribution in [0.2, 0.25) is 0 Å². The highest BCUT2D eigenvalue weighted by molar-refractivity contribution is 5.79. The van der Waals surface area contributed by atoms with Gasteiger partial charge < -0.3 is 11.1 Å². The highest BCUT2D eigenvalue weighted by Gasteiger charge is 2.22. The van der Waals surface area contributed by atoms with Gasteiger partial charge in [-0.05, 0) is 42.9 Å². The number of nitrogens with two attached hydrogens (primary N) is 1. The molecule has 0 saturated heterocycles. The summed E-state index contributed by atoms with van der Waals surface area (Å²) < 4.78 is 0. The second-order valence-electron chi connectivity index (χ2n) is 5.10. The lowest BCUT2D eigenvalue weighted by molar-refractivity contribution is -0.121. The van der Waals surface area contributed by atoms with Crippen LogP contribution in [0.15, 0.2) is 24.3 Å². The minimum atomic E-state index is 0.119. The van der Waals surface area contributed by atoms with E-state index in [4.69, 9.17) is 5.73 Å². The summed E-state index contributed by atoms with van der Waals surface area (Å²) in [5, 5.41) is 3.10. The molecule has 2 atom stereocenters. The quantitative estimate of drug-likeness (QED) is 0.784. The molecular weight excluding hydrogens is 212 g/mol. The minimum Gasteiger partial charge on any atom is -0.399 e. The van der Waals surface area contributed by atoms with Gasteiger partial charge in [0.15, 0.2) is 0 Å². The predicted molar refractivity (Wildman–Crippen MR) is 69.5 cm³/mol. The Morgan fingerprint density at radius 1 is 1.35 bits per heavy atom. The van der Waals surface area contributed by atoms with E-state index in [9.17, 15) is 4.79 Å². The van der Waals surface area contributed by atoms with E-state index < -0.39 is 0 Å². The van der Waals surface area contributed by atoms with Gasteiger partial charge in [0, 0.05) is 11.7 Å². The Hall–Kier alpha value is -1.51. The van der Waals surface area contributed by atoms with Crippen LogP contribution in [0.3, 0.4) is 0 Å². The molecule has 3 N–H and O–H groups in total. The van der Waals surface area contributed by atoms with Crippen LogP contribution in [0.5, 0.6) is 0 Å². The molecule has 0 aromatic heterocycles. The lowest BCUT2D eigenvalue weighted by atomic mass is 10.1. The second kappa shape index (κ2) is 5.21. The number of benzene rings is 1. The van der Waals surface area contributed by atoms with Crippen LogP contribution >= 0.6 is 0 Å². The lowest BCUT2D eigenvalue weighted by Gasteiger charge is -2.12. The van der Waals surface area contributed by atoms with Crippen molar-refractivity contribution in [1.29, 1.82) is 0 Å². The number of nitrogens with one attached hydrogen (secondary N) is 1. The number of carbonyl (C=O) groups excluding carboxylic acids is 1. The molecule has 0 aliphatic heterocycles. The van der Waals surface area contributed by atoms with E-state index in [-0.39, 0.29) is 5.91 Å². The number of anilines is 1. The fourth-order valence-electron chi connectivity index (χ4n) is 2.44. The van der Waals surface area contributed by atoms with E-state index in [0.29, 0.717) is 12.5 Å². The van der Waals surface area contributed by atoms with Crippen molar-refractivity contribution >= 4 is 11.6 Å². The van der Waals surface area contributed by atoms with Crippen molar-refractivity contribution in [1.82, 2.24) is 5.32 Å². The first-order valence-corrected chi connectivity index (χ1v) is 6.27. The van der Waals surface area contributed by atoms with E-state index >= 15 is 0 Å². The predicted octanol–water partition coefficient (Wildman–Crippen LogP) is 2.12. The summed E-state index contributed by atoms with van der Waals surface area (Å²) >= 11 is 0. The molecule has 0 bridgehead atoms. The van der Waals surface area contributed by atoms with Gasteiger partial charge in [-0.25, -0.2) is 0 Å². The Balaban J connectivity index is 1.83. The Morgan fingerprint density at radius 2 is 2.06 bits per heavy atom. The van der Waals surface area contributed by atoms with Gasteiger partial charge in [-0.2, -0.15) is 0 Å². The summed E-state index contributed by atoms with van der Waals surface area (Å²) in [6.07, 6.45) is 3.92. The van der Waals surface area contributed by atoms with Crippen LogP contribution in [0, 0.1) is 5.92 Å². The van der Waals surface area contributed by atoms with Crippen LogP contribution < -0.4 is 11.1 Å². The van der Waals surface area contributed by atoms with Crippen molar-refractivity contribution in [2.75, 3.05) is 5.73 Å². The largest absolute Gasteiger partial charge is 0.399 e. The molecule has 0 heterocycles. The first kappa shape index (κ1) is 12.0. The van der Waals surface area contributed by atoms with E-state index in [1.807, 2.05) is 24.3 Å². The van der Waals surface area contributed by atoms with Crippen molar-refractivity contribution < 1.29 is 4.79 Å². The minimum absolute atomic E-state index is 0.119. The molecule has 0 radical (unpaired) electrons. The number of amides is 1. The molecule has 1 aliphatic carbocycles. The fraction of sp³-hybridized carbons (Fsp3) is 0.500. The fourth-order valence-corrected chi connectivity index (χ4v) is 2.44. The summed E-state index contributed by atoms with van der Waals surface area (Å²) in [6, 6.07) is 7.87. The highest BCUT2D eigenvalue weighted by Crippen LogP contribution is 2.24. The number of nitrogen functional groups attached to an aromatic ring is 1. The summed E-state index contributed by atoms with van der Waals surface area (Å²) in [4.78, 5) is 11.8. The molecule has 1 fully saturated rings. The van der Waals surface area contributed by atoms with Crippen molar-refractivity contribution in [2.45, 2.75) is 38.6 Å². The molecule has 17 heavy (non-hydrogen) atoms. The van der Waals surface area contributed by atoms with E-state index in [2.05, 4.69) is 12.2 Å². The van der Waals surface area contributed by atoms with Crippen molar-refractivity contribution in [3.63, 3.8) is 0 Å². The third-order valence-corrected chi connectivity index (χ3v) is 3.40. The molecule has 2 unspecified atom stereocenters. The first-order valence-electron chi connectivity index (χ1n) is 6.27. The van der Waals surface area contributed by atoms with Gasteiger partial charge in [0.2, 0.25) is 5.91 Å². The summed E-state index contributed by atoms with van der Waals surface area (Å²) in [7, 11) is 0. The SMILES string of the molecule is CC1CCC(NC(=O)Cc2ccc(N)cc2)C1. The van der Waals surface area contributed by atoms with Crippen molar-refractivity contribution in [3.8, 4) is 0 Å². The van der Waals surface area contributed by atoms with Gasteiger partial charge >= 0.3 is 0 Å². The first-order chi connectivity index (χ1) is 8.13. The molecule has 1 amide bonds. The maximum atomic E-state index is 11.8. The van der Waals surface area contributed by atoms with E-state index in [1.165, 1.54) is 6.42 Å². The zero-order valence-corrected chi connectivity index (χ0v) is 10.3. The molecular formula is C14H20N2O. The molecule has 1 aromatic rings. The third kappa shape index (κ3) is 3.48. The van der Waals surface area contributed by atoms with Crippen LogP contribution in [0.25, 0.3) is 0 Å². The van der Waals surface area contributed by atoms with E-state index in [0.717, 1.165) is 30.0 Å². The Morgan fingerprint density at radius 3 is 2.65 bits per heavy atom.